The molecule has 0 aliphatic rings. The van der Waals surface area contributed by atoms with E-state index in [2.05, 4.69) is 5.32 Å². The van der Waals surface area contributed by atoms with Crippen molar-refractivity contribution in [3.05, 3.63) is 29.3 Å². The van der Waals surface area contributed by atoms with E-state index in [9.17, 15) is 9.59 Å². The quantitative estimate of drug-likeness (QED) is 0.869. The van der Waals surface area contributed by atoms with Crippen molar-refractivity contribution < 1.29 is 14.7 Å². The van der Waals surface area contributed by atoms with Crippen molar-refractivity contribution in [3.8, 4) is 0 Å². The van der Waals surface area contributed by atoms with Crippen LogP contribution in [0, 0.1) is 13.8 Å². The van der Waals surface area contributed by atoms with Gasteiger partial charge in [-0.2, -0.15) is 0 Å². The van der Waals surface area contributed by atoms with Gasteiger partial charge in [-0.25, -0.2) is 4.79 Å². The van der Waals surface area contributed by atoms with Crippen molar-refractivity contribution in [2.75, 3.05) is 11.9 Å². The predicted octanol–water partition coefficient (Wildman–Crippen LogP) is 3.02. The zero-order chi connectivity index (χ0) is 15.3. The highest BCUT2D eigenvalue weighted by Gasteiger charge is 2.22. The molecule has 0 radical (unpaired) electrons. The molecule has 5 nitrogen and oxygen atoms in total. The van der Waals surface area contributed by atoms with Crippen LogP contribution >= 0.6 is 0 Å². The van der Waals surface area contributed by atoms with Gasteiger partial charge in [0, 0.05) is 11.7 Å². The normalized spacial score (nSPS) is 11.8. The number of rotatable bonds is 5. The van der Waals surface area contributed by atoms with Gasteiger partial charge in [0.2, 0.25) is 0 Å². The zero-order valence-corrected chi connectivity index (χ0v) is 12.4. The third-order valence-corrected chi connectivity index (χ3v) is 3.54. The number of carboxylic acids is 1. The maximum Gasteiger partial charge on any atom is 0.323 e. The Kier molecular flexibility index (Phi) is 5.55. The molecule has 0 heterocycles. The SMILES string of the molecule is CCC(C)N(CC(=O)O)C(=O)Nc1cccc(C)c1C. The minimum atomic E-state index is -1.01. The van der Waals surface area contributed by atoms with E-state index in [-0.39, 0.29) is 18.6 Å². The van der Waals surface area contributed by atoms with Crippen LogP contribution in [0.4, 0.5) is 10.5 Å². The molecule has 0 saturated heterocycles. The molecule has 0 spiro atoms. The van der Waals surface area contributed by atoms with E-state index in [1.807, 2.05) is 45.9 Å². The first-order valence-electron chi connectivity index (χ1n) is 6.72. The van der Waals surface area contributed by atoms with E-state index in [0.29, 0.717) is 12.1 Å². The smallest absolute Gasteiger partial charge is 0.323 e. The van der Waals surface area contributed by atoms with Gasteiger partial charge < -0.3 is 15.3 Å². The average Bonchev–Trinajstić information content (AvgIpc) is 2.40. The van der Waals surface area contributed by atoms with E-state index in [1.165, 1.54) is 4.90 Å². The molecule has 0 saturated carbocycles. The topological polar surface area (TPSA) is 69.6 Å². The molecule has 0 bridgehead atoms. The summed E-state index contributed by atoms with van der Waals surface area (Å²) in [5.74, 6) is -1.01. The number of carboxylic acid groups (broad SMARTS) is 1. The zero-order valence-electron chi connectivity index (χ0n) is 12.4. The van der Waals surface area contributed by atoms with E-state index < -0.39 is 5.97 Å². The maximum atomic E-state index is 12.3. The lowest BCUT2D eigenvalue weighted by molar-refractivity contribution is -0.138. The molecule has 0 fully saturated rings. The fraction of sp³-hybridized carbons (Fsp3) is 0.467. The van der Waals surface area contributed by atoms with E-state index >= 15 is 0 Å². The number of hydrogen-bond acceptors (Lipinski definition) is 2. The number of carbonyl (C=O) groups is 2. The molecule has 2 amide bonds. The number of nitrogens with one attached hydrogen (secondary N) is 1. The summed E-state index contributed by atoms with van der Waals surface area (Å²) in [7, 11) is 0. The summed E-state index contributed by atoms with van der Waals surface area (Å²) in [5.41, 5.74) is 2.78. The Morgan fingerprint density at radius 3 is 2.55 bits per heavy atom. The van der Waals surface area contributed by atoms with Gasteiger partial charge in [0.15, 0.2) is 0 Å². The molecule has 1 atom stereocenters. The number of urea groups is 1. The van der Waals surface area contributed by atoms with E-state index in [1.54, 1.807) is 0 Å². The van der Waals surface area contributed by atoms with Crippen LogP contribution in [0.2, 0.25) is 0 Å². The van der Waals surface area contributed by atoms with Crippen LogP contribution in [-0.4, -0.2) is 34.6 Å². The maximum absolute atomic E-state index is 12.3. The number of aryl methyl sites for hydroxylation is 1. The lowest BCUT2D eigenvalue weighted by Gasteiger charge is -2.27. The molecule has 0 aromatic heterocycles. The first-order chi connectivity index (χ1) is 9.36. The van der Waals surface area contributed by atoms with Crippen molar-refractivity contribution in [2.45, 2.75) is 40.2 Å². The third kappa shape index (κ3) is 3.98. The van der Waals surface area contributed by atoms with Crippen LogP contribution in [0.5, 0.6) is 0 Å². The van der Waals surface area contributed by atoms with E-state index in [4.69, 9.17) is 5.11 Å². The summed E-state index contributed by atoms with van der Waals surface area (Å²) in [6.07, 6.45) is 0.702. The molecule has 20 heavy (non-hydrogen) atoms. The number of hydrogen-bond donors (Lipinski definition) is 2. The highest BCUT2D eigenvalue weighted by molar-refractivity contribution is 5.92. The fourth-order valence-electron chi connectivity index (χ4n) is 1.87. The molecular formula is C15H22N2O3. The molecule has 110 valence electrons. The van der Waals surface area contributed by atoms with Crippen molar-refractivity contribution in [2.24, 2.45) is 0 Å². The molecule has 0 aliphatic heterocycles. The predicted molar refractivity (Wildman–Crippen MR) is 79.0 cm³/mol. The van der Waals surface area contributed by atoms with Crippen LogP contribution < -0.4 is 5.32 Å². The third-order valence-electron chi connectivity index (χ3n) is 3.54. The number of aliphatic carboxylic acids is 1. The van der Waals surface area contributed by atoms with Gasteiger partial charge >= 0.3 is 12.0 Å². The second kappa shape index (κ2) is 6.93. The summed E-state index contributed by atoms with van der Waals surface area (Å²) < 4.78 is 0. The Balaban J connectivity index is 2.90. The number of benzene rings is 1. The van der Waals surface area contributed by atoms with Crippen molar-refractivity contribution in [1.29, 1.82) is 0 Å². The van der Waals surface area contributed by atoms with E-state index in [0.717, 1.165) is 11.1 Å². The summed E-state index contributed by atoms with van der Waals surface area (Å²) in [4.78, 5) is 24.5. The highest BCUT2D eigenvalue weighted by atomic mass is 16.4. The minimum absolute atomic E-state index is 0.129. The summed E-state index contributed by atoms with van der Waals surface area (Å²) >= 11 is 0. The summed E-state index contributed by atoms with van der Waals surface area (Å²) in [6, 6.07) is 5.14. The Hall–Kier alpha value is -2.04. The largest absolute Gasteiger partial charge is 0.480 e. The lowest BCUT2D eigenvalue weighted by Crippen LogP contribution is -2.44. The molecule has 1 rings (SSSR count). The number of carbonyl (C=O) groups excluding carboxylic acids is 1. The summed E-state index contributed by atoms with van der Waals surface area (Å²) in [5, 5.41) is 11.7. The Labute approximate surface area is 119 Å². The van der Waals surface area contributed by atoms with Gasteiger partial charge in [-0.05, 0) is 44.4 Å². The standard InChI is InChI=1S/C15H22N2O3/c1-5-11(3)17(9-14(18)19)15(20)16-13-8-6-7-10(2)12(13)4/h6-8,11H,5,9H2,1-4H3,(H,16,20)(H,18,19). The monoisotopic (exact) mass is 278 g/mol. The fourth-order valence-corrected chi connectivity index (χ4v) is 1.87. The molecule has 5 heteroatoms. The van der Waals surface area contributed by atoms with Crippen LogP contribution in [0.15, 0.2) is 18.2 Å². The lowest BCUT2D eigenvalue weighted by atomic mass is 10.1. The summed E-state index contributed by atoms with van der Waals surface area (Å²) in [6.45, 7) is 7.35. The average molecular weight is 278 g/mol. The Morgan fingerprint density at radius 1 is 1.35 bits per heavy atom. The second-order valence-corrected chi connectivity index (χ2v) is 4.96. The minimum Gasteiger partial charge on any atom is -0.480 e. The first-order valence-corrected chi connectivity index (χ1v) is 6.72. The molecule has 1 aromatic rings. The molecule has 1 unspecified atom stereocenters. The van der Waals surface area contributed by atoms with Crippen LogP contribution in [0.3, 0.4) is 0 Å². The number of amides is 2. The Morgan fingerprint density at radius 2 is 2.00 bits per heavy atom. The van der Waals surface area contributed by atoms with Crippen molar-refractivity contribution in [1.82, 2.24) is 4.90 Å². The van der Waals surface area contributed by atoms with Gasteiger partial charge in [-0.3, -0.25) is 4.79 Å². The van der Waals surface area contributed by atoms with Gasteiger partial charge in [0.1, 0.15) is 6.54 Å². The van der Waals surface area contributed by atoms with Gasteiger partial charge in [-0.15, -0.1) is 0 Å². The molecular weight excluding hydrogens is 256 g/mol. The Bertz CT molecular complexity index is 500. The van der Waals surface area contributed by atoms with Crippen molar-refractivity contribution >= 4 is 17.7 Å². The van der Waals surface area contributed by atoms with Gasteiger partial charge in [-0.1, -0.05) is 19.1 Å². The highest BCUT2D eigenvalue weighted by Crippen LogP contribution is 2.19. The van der Waals surface area contributed by atoms with Crippen LogP contribution in [0.1, 0.15) is 31.4 Å². The first kappa shape index (κ1) is 16.0. The van der Waals surface area contributed by atoms with Gasteiger partial charge in [0.25, 0.3) is 0 Å². The number of anilines is 1. The molecule has 2 N–H and O–H groups in total. The van der Waals surface area contributed by atoms with Crippen molar-refractivity contribution in [3.63, 3.8) is 0 Å². The molecule has 0 aliphatic carbocycles. The second-order valence-electron chi connectivity index (χ2n) is 4.96. The van der Waals surface area contributed by atoms with Crippen LogP contribution in [0.25, 0.3) is 0 Å². The molecule has 1 aromatic carbocycles. The van der Waals surface area contributed by atoms with Gasteiger partial charge in [0.05, 0.1) is 0 Å². The van der Waals surface area contributed by atoms with Crippen LogP contribution in [-0.2, 0) is 4.79 Å². The number of nitrogens with zero attached hydrogens (tertiary/aromatic N) is 1.